The fourth-order valence-electron chi connectivity index (χ4n) is 3.03. The van der Waals surface area contributed by atoms with Gasteiger partial charge in [-0.05, 0) is 43.6 Å². The third-order valence-electron chi connectivity index (χ3n) is 4.53. The van der Waals surface area contributed by atoms with Crippen LogP contribution in [-0.2, 0) is 9.53 Å². The van der Waals surface area contributed by atoms with Crippen LogP contribution in [-0.4, -0.2) is 60.2 Å². The number of rotatable bonds is 5. The number of anilines is 1. The molecule has 0 bridgehead atoms. The fraction of sp³-hybridized carbons (Fsp3) is 0.556. The molecule has 5 nitrogen and oxygen atoms in total. The highest BCUT2D eigenvalue weighted by molar-refractivity contribution is 7.80. The minimum absolute atomic E-state index is 0.150. The van der Waals surface area contributed by atoms with Gasteiger partial charge in [0.25, 0.3) is 0 Å². The molecule has 6 heteroatoms. The number of carbonyl (C=O) groups excluding carboxylic acids is 1. The molecule has 24 heavy (non-hydrogen) atoms. The summed E-state index contributed by atoms with van der Waals surface area (Å²) >= 11 is 5.67. The van der Waals surface area contributed by atoms with Gasteiger partial charge < -0.3 is 19.9 Å². The maximum atomic E-state index is 11.5. The van der Waals surface area contributed by atoms with Crippen LogP contribution in [0.4, 0.5) is 5.69 Å². The molecule has 0 aromatic heterocycles. The predicted octanol–water partition coefficient (Wildman–Crippen LogP) is 2.65. The van der Waals surface area contributed by atoms with E-state index in [0.29, 0.717) is 12.6 Å². The van der Waals surface area contributed by atoms with E-state index in [0.717, 1.165) is 48.8 Å². The Morgan fingerprint density at radius 2 is 2.04 bits per heavy atom. The summed E-state index contributed by atoms with van der Waals surface area (Å²) in [4.78, 5) is 15.6. The molecule has 0 atom stereocenters. The topological polar surface area (TPSA) is 44.8 Å². The van der Waals surface area contributed by atoms with E-state index >= 15 is 0 Å². The van der Waals surface area contributed by atoms with Gasteiger partial charge in [-0.2, -0.15) is 0 Å². The van der Waals surface area contributed by atoms with Crippen LogP contribution in [0.15, 0.2) is 24.3 Å². The van der Waals surface area contributed by atoms with E-state index in [1.165, 1.54) is 0 Å². The predicted molar refractivity (Wildman–Crippen MR) is 101 cm³/mol. The second-order valence-corrected chi connectivity index (χ2v) is 6.56. The SMILES string of the molecule is COCCN(C(=S)Nc1ccccc1C)C1CCN(C(C)=O)CC1. The molecule has 132 valence electrons. The molecule has 1 aromatic carbocycles. The van der Waals surface area contributed by atoms with Gasteiger partial charge in [0.2, 0.25) is 5.91 Å². The van der Waals surface area contributed by atoms with Crippen molar-refractivity contribution >= 4 is 28.9 Å². The highest BCUT2D eigenvalue weighted by atomic mass is 32.1. The zero-order chi connectivity index (χ0) is 17.5. The molecule has 1 amide bonds. The third-order valence-corrected chi connectivity index (χ3v) is 4.87. The van der Waals surface area contributed by atoms with E-state index in [1.54, 1.807) is 14.0 Å². The number of benzene rings is 1. The second-order valence-electron chi connectivity index (χ2n) is 6.17. The normalized spacial score (nSPS) is 15.2. The Morgan fingerprint density at radius 3 is 2.62 bits per heavy atom. The number of thiocarbonyl (C=S) groups is 1. The van der Waals surface area contributed by atoms with Crippen LogP contribution in [0.5, 0.6) is 0 Å². The number of nitrogens with one attached hydrogen (secondary N) is 1. The van der Waals surface area contributed by atoms with Gasteiger partial charge in [0.05, 0.1) is 6.61 Å². The molecule has 1 heterocycles. The first-order valence-corrected chi connectivity index (χ1v) is 8.81. The lowest BCUT2D eigenvalue weighted by molar-refractivity contribution is -0.130. The van der Waals surface area contributed by atoms with Gasteiger partial charge in [0, 0.05) is 45.4 Å². The van der Waals surface area contributed by atoms with Crippen molar-refractivity contribution in [2.24, 2.45) is 0 Å². The lowest BCUT2D eigenvalue weighted by Gasteiger charge is -2.39. The summed E-state index contributed by atoms with van der Waals surface area (Å²) in [6.45, 7) is 6.65. The molecule has 0 spiro atoms. The minimum atomic E-state index is 0.150. The maximum absolute atomic E-state index is 11.5. The Bertz CT molecular complexity index is 571. The first-order valence-electron chi connectivity index (χ1n) is 8.40. The van der Waals surface area contributed by atoms with Gasteiger partial charge in [-0.3, -0.25) is 4.79 Å². The number of carbonyl (C=O) groups is 1. The minimum Gasteiger partial charge on any atom is -0.383 e. The second kappa shape index (κ2) is 8.99. The van der Waals surface area contributed by atoms with Gasteiger partial charge in [0.15, 0.2) is 5.11 Å². The Balaban J connectivity index is 2.03. The molecular formula is C18H27N3O2S. The molecule has 1 aliphatic rings. The number of para-hydroxylation sites is 1. The molecule has 1 fully saturated rings. The Labute approximate surface area is 150 Å². The summed E-state index contributed by atoms with van der Waals surface area (Å²) in [5.41, 5.74) is 2.20. The zero-order valence-electron chi connectivity index (χ0n) is 14.7. The van der Waals surface area contributed by atoms with Gasteiger partial charge in [-0.1, -0.05) is 18.2 Å². The Morgan fingerprint density at radius 1 is 1.38 bits per heavy atom. The number of hydrogen-bond acceptors (Lipinski definition) is 3. The molecule has 1 saturated heterocycles. The van der Waals surface area contributed by atoms with Crippen LogP contribution >= 0.6 is 12.2 Å². The van der Waals surface area contributed by atoms with Crippen LogP contribution in [0.1, 0.15) is 25.3 Å². The van der Waals surface area contributed by atoms with Gasteiger partial charge in [-0.15, -0.1) is 0 Å². The van der Waals surface area contributed by atoms with Crippen LogP contribution in [0.25, 0.3) is 0 Å². The summed E-state index contributed by atoms with van der Waals surface area (Å²) in [6.07, 6.45) is 1.86. The number of piperidine rings is 1. The summed E-state index contributed by atoms with van der Waals surface area (Å²) in [5, 5.41) is 4.10. The van der Waals surface area contributed by atoms with Gasteiger partial charge >= 0.3 is 0 Å². The molecule has 0 saturated carbocycles. The standard InChI is InChI=1S/C18H27N3O2S/c1-14-6-4-5-7-17(14)19-18(24)21(12-13-23-3)16-8-10-20(11-9-16)15(2)22/h4-7,16H,8-13H2,1-3H3,(H,19,24). The first kappa shape index (κ1) is 18.7. The number of amides is 1. The van der Waals surface area contributed by atoms with E-state index < -0.39 is 0 Å². The van der Waals surface area contributed by atoms with Crippen molar-refractivity contribution in [2.45, 2.75) is 32.7 Å². The van der Waals surface area contributed by atoms with Crippen LogP contribution < -0.4 is 5.32 Å². The first-order chi connectivity index (χ1) is 11.5. The summed E-state index contributed by atoms with van der Waals surface area (Å²) in [6, 6.07) is 8.45. The average Bonchev–Trinajstić information content (AvgIpc) is 2.58. The van der Waals surface area contributed by atoms with Crippen molar-refractivity contribution < 1.29 is 9.53 Å². The number of ether oxygens (including phenoxy) is 1. The van der Waals surface area contributed by atoms with E-state index in [-0.39, 0.29) is 5.91 Å². The molecule has 1 aliphatic heterocycles. The van der Waals surface area contributed by atoms with Crippen molar-refractivity contribution in [3.63, 3.8) is 0 Å². The molecule has 0 unspecified atom stereocenters. The van der Waals surface area contributed by atoms with E-state index in [4.69, 9.17) is 17.0 Å². The monoisotopic (exact) mass is 349 g/mol. The van der Waals surface area contributed by atoms with E-state index in [1.807, 2.05) is 23.1 Å². The van der Waals surface area contributed by atoms with Gasteiger partial charge in [0.1, 0.15) is 0 Å². The third kappa shape index (κ3) is 4.92. The van der Waals surface area contributed by atoms with Crippen LogP contribution in [0.2, 0.25) is 0 Å². The zero-order valence-corrected chi connectivity index (χ0v) is 15.6. The van der Waals surface area contributed by atoms with E-state index in [2.05, 4.69) is 23.2 Å². The van der Waals surface area contributed by atoms with Gasteiger partial charge in [-0.25, -0.2) is 0 Å². The highest BCUT2D eigenvalue weighted by Gasteiger charge is 2.27. The molecule has 0 radical (unpaired) electrons. The fourth-order valence-corrected chi connectivity index (χ4v) is 3.38. The molecule has 1 aromatic rings. The molecule has 0 aliphatic carbocycles. The van der Waals surface area contributed by atoms with E-state index in [9.17, 15) is 4.79 Å². The summed E-state index contributed by atoms with van der Waals surface area (Å²) in [7, 11) is 1.70. The molecule has 2 rings (SSSR count). The number of nitrogens with zero attached hydrogens (tertiary/aromatic N) is 2. The van der Waals surface area contributed by atoms with Crippen molar-refractivity contribution in [3.8, 4) is 0 Å². The molecule has 1 N–H and O–H groups in total. The van der Waals surface area contributed by atoms with Crippen molar-refractivity contribution in [1.82, 2.24) is 9.80 Å². The quantitative estimate of drug-likeness (QED) is 0.828. The lowest BCUT2D eigenvalue weighted by Crippen LogP contribution is -2.50. The average molecular weight is 350 g/mol. The molecular weight excluding hydrogens is 322 g/mol. The van der Waals surface area contributed by atoms with Crippen molar-refractivity contribution in [3.05, 3.63) is 29.8 Å². The largest absolute Gasteiger partial charge is 0.383 e. The van der Waals surface area contributed by atoms with Crippen molar-refractivity contribution in [1.29, 1.82) is 0 Å². The maximum Gasteiger partial charge on any atom is 0.219 e. The smallest absolute Gasteiger partial charge is 0.219 e. The lowest BCUT2D eigenvalue weighted by atomic mass is 10.0. The number of likely N-dealkylation sites (tertiary alicyclic amines) is 1. The number of aryl methyl sites for hydroxylation is 1. The van der Waals surface area contributed by atoms with Crippen molar-refractivity contribution in [2.75, 3.05) is 38.7 Å². The summed E-state index contributed by atoms with van der Waals surface area (Å²) in [5.74, 6) is 0.150. The highest BCUT2D eigenvalue weighted by Crippen LogP contribution is 2.20. The summed E-state index contributed by atoms with van der Waals surface area (Å²) < 4.78 is 5.25. The Hall–Kier alpha value is -1.66. The Kier molecular flexibility index (Phi) is 6.99. The number of hydrogen-bond donors (Lipinski definition) is 1. The number of methoxy groups -OCH3 is 1. The van der Waals surface area contributed by atoms with Crippen LogP contribution in [0, 0.1) is 6.92 Å². The van der Waals surface area contributed by atoms with Crippen LogP contribution in [0.3, 0.4) is 0 Å².